The summed E-state index contributed by atoms with van der Waals surface area (Å²) in [5.74, 6) is 0. The molecule has 0 radical (unpaired) electrons. The molecule has 0 saturated heterocycles. The molecular formula is C11H21N3. The minimum atomic E-state index is 0.279. The summed E-state index contributed by atoms with van der Waals surface area (Å²) in [4.78, 5) is 0. The van der Waals surface area contributed by atoms with Crippen molar-refractivity contribution in [3.8, 4) is 0 Å². The van der Waals surface area contributed by atoms with Gasteiger partial charge in [-0.3, -0.25) is 4.68 Å². The smallest absolute Gasteiger partial charge is 0.0596 e. The molecule has 0 saturated carbocycles. The van der Waals surface area contributed by atoms with E-state index < -0.39 is 0 Å². The van der Waals surface area contributed by atoms with Crippen LogP contribution >= 0.6 is 0 Å². The molecule has 1 heterocycles. The van der Waals surface area contributed by atoms with Crippen molar-refractivity contribution in [3.63, 3.8) is 0 Å². The molecule has 2 N–H and O–H groups in total. The molecule has 0 aliphatic rings. The van der Waals surface area contributed by atoms with E-state index in [1.807, 2.05) is 11.6 Å². The molecule has 0 aliphatic carbocycles. The third kappa shape index (κ3) is 2.84. The van der Waals surface area contributed by atoms with Crippen molar-refractivity contribution in [1.29, 1.82) is 0 Å². The van der Waals surface area contributed by atoms with Gasteiger partial charge >= 0.3 is 0 Å². The Morgan fingerprint density at radius 3 is 2.79 bits per heavy atom. The van der Waals surface area contributed by atoms with Gasteiger partial charge in [-0.25, -0.2) is 0 Å². The molecule has 1 rings (SSSR count). The maximum absolute atomic E-state index is 6.01. The molecule has 0 bridgehead atoms. The van der Waals surface area contributed by atoms with Crippen LogP contribution in [-0.2, 0) is 13.0 Å². The average Bonchev–Trinajstić information content (AvgIpc) is 2.46. The number of aromatic nitrogens is 2. The molecule has 0 spiro atoms. The first-order valence-electron chi connectivity index (χ1n) is 5.46. The number of nitrogens with two attached hydrogens (primary N) is 1. The molecule has 0 aromatic carbocycles. The molecule has 1 atom stereocenters. The Balaban J connectivity index is 2.65. The average molecular weight is 195 g/mol. The van der Waals surface area contributed by atoms with Crippen LogP contribution in [-0.4, -0.2) is 15.8 Å². The SMILES string of the molecule is CCCC(N)Cc1cc(C)nn1CC. The van der Waals surface area contributed by atoms with Gasteiger partial charge in [-0.05, 0) is 26.3 Å². The van der Waals surface area contributed by atoms with Gasteiger partial charge in [0.15, 0.2) is 0 Å². The number of aryl methyl sites for hydroxylation is 2. The first-order valence-corrected chi connectivity index (χ1v) is 5.46. The Labute approximate surface area is 86.3 Å². The van der Waals surface area contributed by atoms with Crippen molar-refractivity contribution in [2.24, 2.45) is 5.73 Å². The number of nitrogens with zero attached hydrogens (tertiary/aromatic N) is 2. The van der Waals surface area contributed by atoms with E-state index in [2.05, 4.69) is 25.0 Å². The number of hydrogen-bond donors (Lipinski definition) is 1. The van der Waals surface area contributed by atoms with Crippen LogP contribution in [0.2, 0.25) is 0 Å². The summed E-state index contributed by atoms with van der Waals surface area (Å²) in [7, 11) is 0. The molecule has 0 aliphatic heterocycles. The van der Waals surface area contributed by atoms with Crippen molar-refractivity contribution in [2.75, 3.05) is 0 Å². The molecule has 0 amide bonds. The molecule has 3 nitrogen and oxygen atoms in total. The number of hydrogen-bond acceptors (Lipinski definition) is 2. The second-order valence-electron chi connectivity index (χ2n) is 3.85. The van der Waals surface area contributed by atoms with Crippen molar-refractivity contribution < 1.29 is 0 Å². The molecule has 0 fully saturated rings. The lowest BCUT2D eigenvalue weighted by molar-refractivity contribution is 0.549. The van der Waals surface area contributed by atoms with Gasteiger partial charge in [-0.2, -0.15) is 5.10 Å². The van der Waals surface area contributed by atoms with E-state index >= 15 is 0 Å². The van der Waals surface area contributed by atoms with Crippen LogP contribution in [0.15, 0.2) is 6.07 Å². The third-order valence-electron chi connectivity index (χ3n) is 2.42. The monoisotopic (exact) mass is 195 g/mol. The van der Waals surface area contributed by atoms with Crippen molar-refractivity contribution >= 4 is 0 Å². The second-order valence-corrected chi connectivity index (χ2v) is 3.85. The fourth-order valence-electron chi connectivity index (χ4n) is 1.78. The Hall–Kier alpha value is -0.830. The molecule has 1 aromatic rings. The molecule has 80 valence electrons. The molecule has 14 heavy (non-hydrogen) atoms. The first-order chi connectivity index (χ1) is 6.67. The highest BCUT2D eigenvalue weighted by atomic mass is 15.3. The largest absolute Gasteiger partial charge is 0.327 e. The zero-order valence-corrected chi connectivity index (χ0v) is 9.45. The summed E-state index contributed by atoms with van der Waals surface area (Å²) in [6, 6.07) is 2.42. The molecular weight excluding hydrogens is 174 g/mol. The Kier molecular flexibility index (Phi) is 4.14. The Morgan fingerprint density at radius 2 is 2.21 bits per heavy atom. The van der Waals surface area contributed by atoms with Gasteiger partial charge in [0.1, 0.15) is 0 Å². The van der Waals surface area contributed by atoms with Gasteiger partial charge in [-0.1, -0.05) is 13.3 Å². The lowest BCUT2D eigenvalue weighted by Gasteiger charge is -2.10. The number of rotatable bonds is 5. The van der Waals surface area contributed by atoms with Crippen LogP contribution in [0.4, 0.5) is 0 Å². The van der Waals surface area contributed by atoms with Crippen molar-refractivity contribution in [2.45, 2.75) is 52.6 Å². The standard InChI is InChI=1S/C11H21N3/c1-4-6-10(12)8-11-7-9(3)13-14(11)5-2/h7,10H,4-6,8,12H2,1-3H3. The zero-order chi connectivity index (χ0) is 10.6. The third-order valence-corrected chi connectivity index (χ3v) is 2.42. The summed E-state index contributed by atoms with van der Waals surface area (Å²) < 4.78 is 2.05. The van der Waals surface area contributed by atoms with Gasteiger partial charge in [0.25, 0.3) is 0 Å². The van der Waals surface area contributed by atoms with E-state index in [0.29, 0.717) is 0 Å². The van der Waals surface area contributed by atoms with Crippen molar-refractivity contribution in [3.05, 3.63) is 17.5 Å². The minimum Gasteiger partial charge on any atom is -0.327 e. The van der Waals surface area contributed by atoms with Gasteiger partial charge in [0.05, 0.1) is 5.69 Å². The fourth-order valence-corrected chi connectivity index (χ4v) is 1.78. The van der Waals surface area contributed by atoms with E-state index in [1.165, 1.54) is 5.69 Å². The predicted molar refractivity (Wildman–Crippen MR) is 59.2 cm³/mol. The van der Waals surface area contributed by atoms with Gasteiger partial charge in [0.2, 0.25) is 0 Å². The normalized spacial score (nSPS) is 13.1. The highest BCUT2D eigenvalue weighted by Gasteiger charge is 2.08. The van der Waals surface area contributed by atoms with E-state index in [0.717, 1.165) is 31.5 Å². The van der Waals surface area contributed by atoms with Crippen molar-refractivity contribution in [1.82, 2.24) is 9.78 Å². The highest BCUT2D eigenvalue weighted by Crippen LogP contribution is 2.08. The quantitative estimate of drug-likeness (QED) is 0.779. The van der Waals surface area contributed by atoms with E-state index in [9.17, 15) is 0 Å². The van der Waals surface area contributed by atoms with Gasteiger partial charge in [0, 0.05) is 24.7 Å². The molecule has 1 aromatic heterocycles. The Bertz CT molecular complexity index is 278. The summed E-state index contributed by atoms with van der Waals surface area (Å²) in [6.45, 7) is 7.24. The zero-order valence-electron chi connectivity index (χ0n) is 9.45. The van der Waals surface area contributed by atoms with Crippen LogP contribution in [0.3, 0.4) is 0 Å². The van der Waals surface area contributed by atoms with Crippen LogP contribution in [0.25, 0.3) is 0 Å². The topological polar surface area (TPSA) is 43.8 Å². The maximum Gasteiger partial charge on any atom is 0.0596 e. The van der Waals surface area contributed by atoms with Crippen LogP contribution in [0.5, 0.6) is 0 Å². The second kappa shape index (κ2) is 5.15. The lowest BCUT2D eigenvalue weighted by Crippen LogP contribution is -2.23. The van der Waals surface area contributed by atoms with Crippen LogP contribution < -0.4 is 5.73 Å². The van der Waals surface area contributed by atoms with Gasteiger partial charge in [-0.15, -0.1) is 0 Å². The van der Waals surface area contributed by atoms with E-state index in [-0.39, 0.29) is 6.04 Å². The minimum absolute atomic E-state index is 0.279. The van der Waals surface area contributed by atoms with Crippen LogP contribution in [0.1, 0.15) is 38.1 Å². The summed E-state index contributed by atoms with van der Waals surface area (Å²) in [5.41, 5.74) is 8.37. The predicted octanol–water partition coefficient (Wildman–Crippen LogP) is 1.88. The summed E-state index contributed by atoms with van der Waals surface area (Å²) in [5, 5.41) is 4.40. The first kappa shape index (κ1) is 11.2. The van der Waals surface area contributed by atoms with E-state index in [4.69, 9.17) is 5.73 Å². The molecule has 1 unspecified atom stereocenters. The fraction of sp³-hybridized carbons (Fsp3) is 0.727. The maximum atomic E-state index is 6.01. The van der Waals surface area contributed by atoms with E-state index in [1.54, 1.807) is 0 Å². The summed E-state index contributed by atoms with van der Waals surface area (Å²) in [6.07, 6.45) is 3.19. The van der Waals surface area contributed by atoms with Gasteiger partial charge < -0.3 is 5.73 Å². The lowest BCUT2D eigenvalue weighted by atomic mass is 10.1. The Morgan fingerprint density at radius 1 is 1.50 bits per heavy atom. The van der Waals surface area contributed by atoms with Crippen LogP contribution in [0, 0.1) is 6.92 Å². The highest BCUT2D eigenvalue weighted by molar-refractivity contribution is 5.10. The summed E-state index contributed by atoms with van der Waals surface area (Å²) >= 11 is 0. The molecule has 3 heteroatoms.